The van der Waals surface area contributed by atoms with Gasteiger partial charge < -0.3 is 10.6 Å². The van der Waals surface area contributed by atoms with Crippen LogP contribution in [0.4, 0.5) is 13.2 Å². The average Bonchev–Trinajstić information content (AvgIpc) is 2.99. The van der Waals surface area contributed by atoms with Gasteiger partial charge in [0, 0.05) is 37.6 Å². The third-order valence-electron chi connectivity index (χ3n) is 4.65. The molecule has 2 N–H and O–H groups in total. The van der Waals surface area contributed by atoms with E-state index >= 15 is 0 Å². The maximum Gasteiger partial charge on any atom is 0.405 e. The molecule has 1 unspecified atom stereocenters. The van der Waals surface area contributed by atoms with Gasteiger partial charge in [-0.25, -0.2) is 0 Å². The zero-order valence-corrected chi connectivity index (χ0v) is 15.5. The van der Waals surface area contributed by atoms with Gasteiger partial charge in [0.1, 0.15) is 6.04 Å². The van der Waals surface area contributed by atoms with Gasteiger partial charge in [-0.05, 0) is 37.3 Å². The number of rotatable bonds is 4. The van der Waals surface area contributed by atoms with E-state index < -0.39 is 24.7 Å². The zero-order chi connectivity index (χ0) is 17.2. The molecule has 1 amide bonds. The molecule has 1 saturated heterocycles. The van der Waals surface area contributed by atoms with Crippen LogP contribution in [0.1, 0.15) is 33.0 Å². The highest BCUT2D eigenvalue weighted by atomic mass is 35.5. The summed E-state index contributed by atoms with van der Waals surface area (Å²) in [6.45, 7) is 1.36. The zero-order valence-electron chi connectivity index (χ0n) is 13.8. The number of halogens is 4. The van der Waals surface area contributed by atoms with Crippen LogP contribution in [0, 0.1) is 0 Å². The predicted molar refractivity (Wildman–Crippen MR) is 94.8 cm³/mol. The molecular weight excluding hydrogens is 375 g/mol. The lowest BCUT2D eigenvalue weighted by Gasteiger charge is -2.35. The number of thiophene rings is 1. The van der Waals surface area contributed by atoms with Crippen LogP contribution in [-0.2, 0) is 12.8 Å². The molecule has 2 heterocycles. The highest BCUT2D eigenvalue weighted by molar-refractivity contribution is 7.14. The van der Waals surface area contributed by atoms with Crippen molar-refractivity contribution in [1.82, 2.24) is 15.5 Å². The molecule has 0 radical (unpaired) electrons. The second-order valence-electron chi connectivity index (χ2n) is 6.32. The lowest BCUT2D eigenvalue weighted by Crippen LogP contribution is -2.57. The van der Waals surface area contributed by atoms with Crippen molar-refractivity contribution in [3.63, 3.8) is 0 Å². The second kappa shape index (κ2) is 8.70. The van der Waals surface area contributed by atoms with Gasteiger partial charge in [0.2, 0.25) is 0 Å². The Morgan fingerprint density at radius 3 is 2.60 bits per heavy atom. The molecule has 3 rings (SSSR count). The van der Waals surface area contributed by atoms with Gasteiger partial charge in [-0.15, -0.1) is 23.7 Å². The first-order valence-corrected chi connectivity index (χ1v) is 9.18. The fourth-order valence-electron chi connectivity index (χ4n) is 3.32. The highest BCUT2D eigenvalue weighted by Gasteiger charge is 2.43. The number of alkyl halides is 3. The average molecular weight is 398 g/mol. The Balaban J connectivity index is 0.00000225. The molecule has 1 atom stereocenters. The summed E-state index contributed by atoms with van der Waals surface area (Å²) in [5.74, 6) is -0.390. The number of carbonyl (C=O) groups is 1. The Morgan fingerprint density at radius 1 is 1.28 bits per heavy atom. The lowest BCUT2D eigenvalue weighted by molar-refractivity contribution is -0.183. The van der Waals surface area contributed by atoms with Crippen LogP contribution < -0.4 is 10.6 Å². The van der Waals surface area contributed by atoms with Gasteiger partial charge in [0.25, 0.3) is 5.91 Å². The van der Waals surface area contributed by atoms with Crippen molar-refractivity contribution < 1.29 is 18.0 Å². The molecule has 1 aromatic rings. The largest absolute Gasteiger partial charge is 0.405 e. The molecule has 0 bridgehead atoms. The van der Waals surface area contributed by atoms with Gasteiger partial charge in [-0.1, -0.05) is 0 Å². The Labute approximate surface area is 155 Å². The number of nitrogens with zero attached hydrogens (tertiary/aromatic N) is 1. The summed E-state index contributed by atoms with van der Waals surface area (Å²) in [4.78, 5) is 15.4. The van der Waals surface area contributed by atoms with Crippen molar-refractivity contribution in [2.45, 2.75) is 37.9 Å². The molecule has 25 heavy (non-hydrogen) atoms. The highest BCUT2D eigenvalue weighted by Crippen LogP contribution is 2.30. The van der Waals surface area contributed by atoms with Crippen LogP contribution in [-0.4, -0.2) is 55.7 Å². The van der Waals surface area contributed by atoms with E-state index in [1.165, 1.54) is 26.7 Å². The summed E-state index contributed by atoms with van der Waals surface area (Å²) in [6, 6.07) is 0.222. The van der Waals surface area contributed by atoms with Gasteiger partial charge in [-0.3, -0.25) is 9.69 Å². The molecule has 1 aliphatic heterocycles. The van der Waals surface area contributed by atoms with Gasteiger partial charge in [0.15, 0.2) is 0 Å². The van der Waals surface area contributed by atoms with E-state index in [1.807, 2.05) is 6.07 Å². The first-order valence-electron chi connectivity index (χ1n) is 8.36. The Hall–Kier alpha value is -0.830. The summed E-state index contributed by atoms with van der Waals surface area (Å²) in [7, 11) is 0. The van der Waals surface area contributed by atoms with E-state index in [-0.39, 0.29) is 12.4 Å². The summed E-state index contributed by atoms with van der Waals surface area (Å²) in [5.41, 5.74) is 1.19. The van der Waals surface area contributed by atoms with Crippen molar-refractivity contribution in [1.29, 1.82) is 0 Å². The number of aryl methyl sites for hydroxylation is 2. The second-order valence-corrected chi connectivity index (χ2v) is 7.46. The fourth-order valence-corrected chi connectivity index (χ4v) is 4.49. The van der Waals surface area contributed by atoms with Crippen molar-refractivity contribution >= 4 is 29.7 Å². The van der Waals surface area contributed by atoms with Gasteiger partial charge in [0.05, 0.1) is 4.88 Å². The van der Waals surface area contributed by atoms with E-state index in [2.05, 4.69) is 10.6 Å². The molecule has 142 valence electrons. The maximum absolute atomic E-state index is 13.3. The number of hydrogen-bond donors (Lipinski definition) is 2. The number of hydrogen-bond acceptors (Lipinski definition) is 4. The van der Waals surface area contributed by atoms with Crippen LogP contribution in [0.5, 0.6) is 0 Å². The number of piperazine rings is 1. The molecule has 0 saturated carbocycles. The molecule has 2 aliphatic rings. The minimum Gasteiger partial charge on any atom is -0.349 e. The Bertz CT molecular complexity index is 564. The third-order valence-corrected chi connectivity index (χ3v) is 5.88. The molecule has 1 fully saturated rings. The molecule has 0 spiro atoms. The molecule has 1 aliphatic carbocycles. The van der Waals surface area contributed by atoms with E-state index in [0.717, 1.165) is 25.7 Å². The van der Waals surface area contributed by atoms with Crippen molar-refractivity contribution in [2.24, 2.45) is 0 Å². The van der Waals surface area contributed by atoms with Gasteiger partial charge in [-0.2, -0.15) is 13.2 Å². The normalized spacial score (nSPS) is 19.6. The van der Waals surface area contributed by atoms with Crippen molar-refractivity contribution in [3.05, 3.63) is 21.4 Å². The molecule has 0 aromatic carbocycles. The minimum atomic E-state index is -4.35. The van der Waals surface area contributed by atoms with Crippen molar-refractivity contribution in [2.75, 3.05) is 32.7 Å². The predicted octanol–water partition coefficient (Wildman–Crippen LogP) is 2.61. The van der Waals surface area contributed by atoms with E-state index in [0.29, 0.717) is 31.1 Å². The number of fused-ring (bicyclic) bond motifs is 1. The minimum absolute atomic E-state index is 0. The summed E-state index contributed by atoms with van der Waals surface area (Å²) in [6.07, 6.45) is -0.179. The van der Waals surface area contributed by atoms with Crippen LogP contribution in [0.2, 0.25) is 0 Å². The van der Waals surface area contributed by atoms with Crippen LogP contribution in [0.25, 0.3) is 0 Å². The fraction of sp³-hybridized carbons (Fsp3) is 0.688. The number of nitrogens with one attached hydrogen (secondary N) is 2. The summed E-state index contributed by atoms with van der Waals surface area (Å²) >= 11 is 1.42. The molecule has 4 nitrogen and oxygen atoms in total. The first kappa shape index (κ1) is 20.5. The smallest absolute Gasteiger partial charge is 0.349 e. The van der Waals surface area contributed by atoms with E-state index in [4.69, 9.17) is 0 Å². The van der Waals surface area contributed by atoms with E-state index in [1.54, 1.807) is 0 Å². The molecular formula is C16H23ClF3N3OS. The summed E-state index contributed by atoms with van der Waals surface area (Å²) in [5, 5.41) is 5.55. The monoisotopic (exact) mass is 397 g/mol. The topological polar surface area (TPSA) is 44.4 Å². The van der Waals surface area contributed by atoms with Crippen molar-refractivity contribution in [3.8, 4) is 0 Å². The first-order chi connectivity index (χ1) is 11.4. The van der Waals surface area contributed by atoms with Crippen LogP contribution in [0.3, 0.4) is 0 Å². The molecule has 1 aromatic heterocycles. The van der Waals surface area contributed by atoms with E-state index in [9.17, 15) is 18.0 Å². The standard InChI is InChI=1S/C16H22F3N3OS.ClH/c17-16(18,19)14(22-7-5-20-6-8-22)10-21-15(23)13-9-11-3-1-2-4-12(11)24-13;/h9,14,20H,1-8,10H2,(H,21,23);1H. The molecule has 9 heteroatoms. The Morgan fingerprint density at radius 2 is 1.96 bits per heavy atom. The van der Waals surface area contributed by atoms with Gasteiger partial charge >= 0.3 is 6.18 Å². The lowest BCUT2D eigenvalue weighted by atomic mass is 9.99. The third kappa shape index (κ3) is 5.09. The number of carbonyl (C=O) groups excluding carboxylic acids is 1. The Kier molecular flexibility index (Phi) is 7.13. The quantitative estimate of drug-likeness (QED) is 0.820. The maximum atomic E-state index is 13.3. The summed E-state index contributed by atoms with van der Waals surface area (Å²) < 4.78 is 40.0. The van der Waals surface area contributed by atoms with Crippen LogP contribution in [0.15, 0.2) is 6.07 Å². The SMILES string of the molecule is Cl.O=C(NCC(N1CCNCC1)C(F)(F)F)c1cc2c(s1)CCCC2. The number of amides is 1. The van der Waals surface area contributed by atoms with Crippen LogP contribution >= 0.6 is 23.7 Å².